The fraction of sp³-hybridized carbons (Fsp3) is 0.136. The zero-order valence-corrected chi connectivity index (χ0v) is 16.9. The summed E-state index contributed by atoms with van der Waals surface area (Å²) in [7, 11) is 0. The summed E-state index contributed by atoms with van der Waals surface area (Å²) in [6.07, 6.45) is 1.39. The molecule has 0 saturated carbocycles. The standard InChI is InChI=1S/C22H19N5O4/c1-3-26-14(2)24-19-12-16(6-10-20(19)26)22(28)25-23-13-18-9-11-21(31-18)15-4-7-17(8-5-15)27(29)30/h4-13H,3H2,1-2H3,(H,25,28)/b23-13+. The Morgan fingerprint density at radius 1 is 1.23 bits per heavy atom. The Bertz CT molecular complexity index is 1300. The third-order valence-corrected chi connectivity index (χ3v) is 4.86. The van der Waals surface area contributed by atoms with Crippen LogP contribution in [0.1, 0.15) is 28.9 Å². The highest BCUT2D eigenvalue weighted by Crippen LogP contribution is 2.24. The number of rotatable bonds is 6. The molecular formula is C22H19N5O4. The van der Waals surface area contributed by atoms with Gasteiger partial charge in [0.1, 0.15) is 17.3 Å². The van der Waals surface area contributed by atoms with Gasteiger partial charge in [-0.25, -0.2) is 10.4 Å². The summed E-state index contributed by atoms with van der Waals surface area (Å²) < 4.78 is 7.74. The van der Waals surface area contributed by atoms with Crippen LogP contribution in [-0.2, 0) is 6.54 Å². The fourth-order valence-electron chi connectivity index (χ4n) is 3.33. The van der Waals surface area contributed by atoms with Crippen LogP contribution in [0.15, 0.2) is 64.1 Å². The second-order valence-corrected chi connectivity index (χ2v) is 6.81. The van der Waals surface area contributed by atoms with Crippen LogP contribution >= 0.6 is 0 Å². The zero-order valence-electron chi connectivity index (χ0n) is 16.9. The van der Waals surface area contributed by atoms with E-state index in [0.29, 0.717) is 22.6 Å². The molecule has 9 nitrogen and oxygen atoms in total. The maximum atomic E-state index is 12.4. The number of benzene rings is 2. The molecule has 4 aromatic rings. The summed E-state index contributed by atoms with van der Waals surface area (Å²) in [5.41, 5.74) is 5.38. The van der Waals surface area contributed by atoms with Gasteiger partial charge in [0.2, 0.25) is 0 Å². The topological polar surface area (TPSA) is 116 Å². The number of nitrogens with one attached hydrogen (secondary N) is 1. The monoisotopic (exact) mass is 417 g/mol. The van der Waals surface area contributed by atoms with Gasteiger partial charge in [-0.3, -0.25) is 14.9 Å². The molecule has 0 unspecified atom stereocenters. The molecule has 0 atom stereocenters. The molecule has 1 amide bonds. The number of nitro groups is 1. The first kappa shape index (κ1) is 20.0. The Morgan fingerprint density at radius 2 is 2.00 bits per heavy atom. The Balaban J connectivity index is 1.43. The van der Waals surface area contributed by atoms with E-state index >= 15 is 0 Å². The summed E-state index contributed by atoms with van der Waals surface area (Å²) >= 11 is 0. The summed E-state index contributed by atoms with van der Waals surface area (Å²) in [6.45, 7) is 4.79. The maximum absolute atomic E-state index is 12.4. The smallest absolute Gasteiger partial charge is 0.271 e. The second-order valence-electron chi connectivity index (χ2n) is 6.81. The normalized spacial score (nSPS) is 11.3. The van der Waals surface area contributed by atoms with Crippen LogP contribution in [0.25, 0.3) is 22.4 Å². The minimum absolute atomic E-state index is 0.00890. The molecule has 0 radical (unpaired) electrons. The van der Waals surface area contributed by atoms with Gasteiger partial charge in [-0.15, -0.1) is 0 Å². The van der Waals surface area contributed by atoms with Gasteiger partial charge in [-0.05, 0) is 56.3 Å². The first-order chi connectivity index (χ1) is 15.0. The highest BCUT2D eigenvalue weighted by Gasteiger charge is 2.11. The lowest BCUT2D eigenvalue weighted by atomic mass is 10.1. The molecule has 1 N–H and O–H groups in total. The van der Waals surface area contributed by atoms with E-state index < -0.39 is 4.92 Å². The van der Waals surface area contributed by atoms with Gasteiger partial charge in [0, 0.05) is 29.8 Å². The minimum atomic E-state index is -0.457. The Hall–Kier alpha value is -4.27. The van der Waals surface area contributed by atoms with E-state index in [2.05, 4.69) is 20.1 Å². The minimum Gasteiger partial charge on any atom is -0.455 e. The summed E-state index contributed by atoms with van der Waals surface area (Å²) in [5, 5.41) is 14.7. The lowest BCUT2D eigenvalue weighted by molar-refractivity contribution is -0.384. The predicted molar refractivity (Wildman–Crippen MR) is 116 cm³/mol. The second kappa shape index (κ2) is 8.23. The number of carbonyl (C=O) groups excluding carboxylic acids is 1. The Morgan fingerprint density at radius 3 is 2.71 bits per heavy atom. The maximum Gasteiger partial charge on any atom is 0.271 e. The lowest BCUT2D eigenvalue weighted by Gasteiger charge is -2.03. The molecule has 0 bridgehead atoms. The predicted octanol–water partition coefficient (Wildman–Crippen LogP) is 4.30. The molecule has 2 aromatic carbocycles. The molecule has 31 heavy (non-hydrogen) atoms. The quantitative estimate of drug-likeness (QED) is 0.285. The SMILES string of the molecule is CCn1c(C)nc2cc(C(=O)N/N=C/c3ccc(-c4ccc([N+](=O)[O-])cc4)o3)ccc21. The van der Waals surface area contributed by atoms with E-state index in [1.807, 2.05) is 19.9 Å². The molecule has 2 aromatic heterocycles. The molecule has 9 heteroatoms. The summed E-state index contributed by atoms with van der Waals surface area (Å²) in [6, 6.07) is 14.8. The van der Waals surface area contributed by atoms with Gasteiger partial charge in [0.15, 0.2) is 0 Å². The summed E-state index contributed by atoms with van der Waals surface area (Å²) in [4.78, 5) is 27.2. The number of non-ortho nitro benzene ring substituents is 1. The van der Waals surface area contributed by atoms with Gasteiger partial charge in [0.25, 0.3) is 11.6 Å². The molecule has 0 spiro atoms. The number of amides is 1. The molecule has 0 saturated heterocycles. The van der Waals surface area contributed by atoms with Crippen LogP contribution in [-0.4, -0.2) is 26.6 Å². The van der Waals surface area contributed by atoms with E-state index in [4.69, 9.17) is 4.42 Å². The first-order valence-corrected chi connectivity index (χ1v) is 9.61. The van der Waals surface area contributed by atoms with Crippen LogP contribution < -0.4 is 5.43 Å². The Labute approximate surface area is 177 Å². The highest BCUT2D eigenvalue weighted by atomic mass is 16.6. The molecule has 4 rings (SSSR count). The molecule has 0 aliphatic carbocycles. The number of nitro benzene ring substituents is 1. The first-order valence-electron chi connectivity index (χ1n) is 9.61. The largest absolute Gasteiger partial charge is 0.455 e. The lowest BCUT2D eigenvalue weighted by Crippen LogP contribution is -2.17. The Kier molecular flexibility index (Phi) is 5.31. The highest BCUT2D eigenvalue weighted by molar-refractivity contribution is 5.97. The zero-order chi connectivity index (χ0) is 22.0. The fourth-order valence-corrected chi connectivity index (χ4v) is 3.33. The van der Waals surface area contributed by atoms with E-state index in [0.717, 1.165) is 23.4 Å². The van der Waals surface area contributed by atoms with E-state index in [9.17, 15) is 14.9 Å². The van der Waals surface area contributed by atoms with Crippen molar-refractivity contribution in [3.8, 4) is 11.3 Å². The van der Waals surface area contributed by atoms with Crippen molar-refractivity contribution in [3.05, 3.63) is 81.9 Å². The molecule has 156 valence electrons. The van der Waals surface area contributed by atoms with Gasteiger partial charge in [0.05, 0.1) is 22.2 Å². The number of aromatic nitrogens is 2. The van der Waals surface area contributed by atoms with E-state index in [-0.39, 0.29) is 11.6 Å². The van der Waals surface area contributed by atoms with Crippen molar-refractivity contribution in [2.75, 3.05) is 0 Å². The third-order valence-electron chi connectivity index (χ3n) is 4.86. The number of fused-ring (bicyclic) bond motifs is 1. The number of furan rings is 1. The number of hydrogen-bond donors (Lipinski definition) is 1. The van der Waals surface area contributed by atoms with Crippen LogP contribution in [0.5, 0.6) is 0 Å². The average molecular weight is 417 g/mol. The van der Waals surface area contributed by atoms with Gasteiger partial charge < -0.3 is 8.98 Å². The average Bonchev–Trinajstić information content (AvgIpc) is 3.36. The van der Waals surface area contributed by atoms with Crippen molar-refractivity contribution in [2.24, 2.45) is 5.10 Å². The van der Waals surface area contributed by atoms with Crippen molar-refractivity contribution in [2.45, 2.75) is 20.4 Å². The number of hydrazone groups is 1. The van der Waals surface area contributed by atoms with Crippen molar-refractivity contribution >= 4 is 28.8 Å². The van der Waals surface area contributed by atoms with Gasteiger partial charge in [-0.1, -0.05) is 0 Å². The van der Waals surface area contributed by atoms with Crippen LogP contribution in [0.2, 0.25) is 0 Å². The summed E-state index contributed by atoms with van der Waals surface area (Å²) in [5.74, 6) is 1.51. The molecule has 0 aliphatic rings. The van der Waals surface area contributed by atoms with Crippen molar-refractivity contribution in [1.82, 2.24) is 15.0 Å². The number of nitrogens with zero attached hydrogens (tertiary/aromatic N) is 4. The number of carbonyl (C=O) groups is 1. The number of imidazole rings is 1. The molecule has 0 fully saturated rings. The molecule has 0 aliphatic heterocycles. The van der Waals surface area contributed by atoms with E-state index in [1.54, 1.807) is 36.4 Å². The van der Waals surface area contributed by atoms with Crippen LogP contribution in [0, 0.1) is 17.0 Å². The van der Waals surface area contributed by atoms with E-state index in [1.165, 1.54) is 18.3 Å². The molecule has 2 heterocycles. The number of aryl methyl sites for hydroxylation is 2. The number of hydrogen-bond acceptors (Lipinski definition) is 6. The van der Waals surface area contributed by atoms with Crippen molar-refractivity contribution in [3.63, 3.8) is 0 Å². The third kappa shape index (κ3) is 4.06. The van der Waals surface area contributed by atoms with Crippen molar-refractivity contribution < 1.29 is 14.1 Å². The van der Waals surface area contributed by atoms with Crippen LogP contribution in [0.4, 0.5) is 5.69 Å². The molecular weight excluding hydrogens is 398 g/mol. The van der Waals surface area contributed by atoms with Gasteiger partial charge >= 0.3 is 0 Å². The van der Waals surface area contributed by atoms with Crippen LogP contribution in [0.3, 0.4) is 0 Å². The van der Waals surface area contributed by atoms with Crippen molar-refractivity contribution in [1.29, 1.82) is 0 Å². The van der Waals surface area contributed by atoms with Gasteiger partial charge in [-0.2, -0.15) is 5.10 Å².